The van der Waals surface area contributed by atoms with Crippen LogP contribution in [0.3, 0.4) is 0 Å². The number of nitrogens with zero attached hydrogens (tertiary/aromatic N) is 2. The van der Waals surface area contributed by atoms with Crippen molar-refractivity contribution in [2.45, 2.75) is 18.9 Å². The minimum absolute atomic E-state index is 0.0855. The van der Waals surface area contributed by atoms with Crippen molar-refractivity contribution in [3.8, 4) is 0 Å². The molecule has 2 rings (SSSR count). The van der Waals surface area contributed by atoms with E-state index < -0.39 is 0 Å². The Hall–Kier alpha value is -1.39. The van der Waals surface area contributed by atoms with Gasteiger partial charge in [-0.25, -0.2) is 0 Å². The smallest absolute Gasteiger partial charge is 0.247 e. The van der Waals surface area contributed by atoms with E-state index in [1.807, 2.05) is 38.4 Å². The Kier molecular flexibility index (Phi) is 4.22. The van der Waals surface area contributed by atoms with Gasteiger partial charge in [0.2, 0.25) is 11.8 Å². The van der Waals surface area contributed by atoms with E-state index in [0.717, 1.165) is 5.56 Å². The van der Waals surface area contributed by atoms with Crippen LogP contribution in [0.1, 0.15) is 12.0 Å². The minimum Gasteiger partial charge on any atom is -0.298 e. The highest BCUT2D eigenvalue weighted by Crippen LogP contribution is 2.18. The number of imide groups is 1. The van der Waals surface area contributed by atoms with E-state index in [4.69, 9.17) is 11.6 Å². The number of amides is 2. The molecule has 1 aromatic carbocycles. The molecule has 1 heterocycles. The van der Waals surface area contributed by atoms with E-state index in [-0.39, 0.29) is 24.3 Å². The molecule has 2 amide bonds. The summed E-state index contributed by atoms with van der Waals surface area (Å²) in [5.74, 6) is -0.179. The van der Waals surface area contributed by atoms with Crippen molar-refractivity contribution >= 4 is 23.4 Å². The summed E-state index contributed by atoms with van der Waals surface area (Å²) in [6.45, 7) is 0.434. The van der Waals surface area contributed by atoms with Gasteiger partial charge in [0.05, 0.1) is 12.5 Å². The van der Waals surface area contributed by atoms with Crippen LogP contribution in [0.2, 0.25) is 5.02 Å². The molecule has 19 heavy (non-hydrogen) atoms. The minimum atomic E-state index is -0.308. The molecule has 1 aliphatic rings. The monoisotopic (exact) mass is 280 g/mol. The van der Waals surface area contributed by atoms with Crippen LogP contribution in [0.4, 0.5) is 0 Å². The zero-order valence-electron chi connectivity index (χ0n) is 11.1. The molecule has 0 aromatic heterocycles. The average molecular weight is 281 g/mol. The number of likely N-dealkylation sites (N-methyl/N-ethyl adjacent to an activating group) is 1. The topological polar surface area (TPSA) is 40.6 Å². The number of rotatable bonds is 4. The summed E-state index contributed by atoms with van der Waals surface area (Å²) in [7, 11) is 3.64. The number of hydrogen-bond donors (Lipinski definition) is 0. The number of halogens is 1. The normalized spacial score (nSPS) is 19.6. The summed E-state index contributed by atoms with van der Waals surface area (Å²) in [6.07, 6.45) is 0.946. The Morgan fingerprint density at radius 2 is 1.89 bits per heavy atom. The SMILES string of the molecule is CN(C)C1CC(=O)N(CCc2ccc(Cl)cc2)C1=O. The lowest BCUT2D eigenvalue weighted by molar-refractivity contribution is -0.139. The van der Waals surface area contributed by atoms with E-state index in [0.29, 0.717) is 18.0 Å². The summed E-state index contributed by atoms with van der Waals surface area (Å²) in [5, 5.41) is 0.685. The molecule has 0 radical (unpaired) electrons. The lowest BCUT2D eigenvalue weighted by Crippen LogP contribution is -2.38. The first-order chi connectivity index (χ1) is 8.99. The summed E-state index contributed by atoms with van der Waals surface area (Å²) < 4.78 is 0. The highest BCUT2D eigenvalue weighted by molar-refractivity contribution is 6.30. The summed E-state index contributed by atoms with van der Waals surface area (Å²) >= 11 is 5.82. The second-order valence-corrected chi connectivity index (χ2v) is 5.38. The molecule has 0 bridgehead atoms. The molecule has 0 aliphatic carbocycles. The molecule has 0 spiro atoms. The van der Waals surface area contributed by atoms with Crippen LogP contribution in [0.5, 0.6) is 0 Å². The first-order valence-electron chi connectivity index (χ1n) is 6.24. The van der Waals surface area contributed by atoms with E-state index >= 15 is 0 Å². The van der Waals surface area contributed by atoms with Gasteiger partial charge in [-0.3, -0.25) is 19.4 Å². The molecule has 4 nitrogen and oxygen atoms in total. The molecular formula is C14H17ClN2O2. The van der Waals surface area contributed by atoms with Gasteiger partial charge in [-0.2, -0.15) is 0 Å². The Balaban J connectivity index is 1.98. The fourth-order valence-corrected chi connectivity index (χ4v) is 2.32. The Morgan fingerprint density at radius 3 is 2.42 bits per heavy atom. The molecule has 1 fully saturated rings. The van der Waals surface area contributed by atoms with Crippen molar-refractivity contribution in [3.63, 3.8) is 0 Å². The van der Waals surface area contributed by atoms with Crippen molar-refractivity contribution < 1.29 is 9.59 Å². The number of hydrogen-bond acceptors (Lipinski definition) is 3. The third-order valence-corrected chi connectivity index (χ3v) is 3.63. The van der Waals surface area contributed by atoms with Gasteiger partial charge < -0.3 is 0 Å². The summed E-state index contributed by atoms with van der Waals surface area (Å²) in [6, 6.07) is 7.14. The lowest BCUT2D eigenvalue weighted by Gasteiger charge is -2.18. The van der Waals surface area contributed by atoms with Crippen molar-refractivity contribution in [1.82, 2.24) is 9.80 Å². The first-order valence-corrected chi connectivity index (χ1v) is 6.62. The molecule has 1 aliphatic heterocycles. The zero-order chi connectivity index (χ0) is 14.0. The molecule has 1 saturated heterocycles. The third kappa shape index (κ3) is 3.14. The van der Waals surface area contributed by atoms with E-state index in [9.17, 15) is 9.59 Å². The fourth-order valence-electron chi connectivity index (χ4n) is 2.20. The van der Waals surface area contributed by atoms with Gasteiger partial charge in [0, 0.05) is 11.6 Å². The van der Waals surface area contributed by atoms with Crippen molar-refractivity contribution in [1.29, 1.82) is 0 Å². The predicted molar refractivity (Wildman–Crippen MR) is 74.0 cm³/mol. The highest BCUT2D eigenvalue weighted by atomic mass is 35.5. The van der Waals surface area contributed by atoms with Crippen LogP contribution in [-0.2, 0) is 16.0 Å². The zero-order valence-corrected chi connectivity index (χ0v) is 11.9. The van der Waals surface area contributed by atoms with E-state index in [1.165, 1.54) is 4.90 Å². The highest BCUT2D eigenvalue weighted by Gasteiger charge is 2.39. The molecule has 0 saturated carbocycles. The molecular weight excluding hydrogens is 264 g/mol. The molecule has 1 atom stereocenters. The largest absolute Gasteiger partial charge is 0.298 e. The standard InChI is InChI=1S/C14H17ClN2O2/c1-16(2)12-9-13(18)17(14(12)19)8-7-10-3-5-11(15)6-4-10/h3-6,12H,7-9H2,1-2H3. The van der Waals surface area contributed by atoms with Gasteiger partial charge >= 0.3 is 0 Å². The number of benzene rings is 1. The molecule has 0 N–H and O–H groups in total. The van der Waals surface area contributed by atoms with Gasteiger partial charge in [-0.15, -0.1) is 0 Å². The maximum absolute atomic E-state index is 12.1. The number of carbonyl (C=O) groups excluding carboxylic acids is 2. The molecule has 1 aromatic rings. The fraction of sp³-hybridized carbons (Fsp3) is 0.429. The Labute approximate surface area is 117 Å². The summed E-state index contributed by atoms with van der Waals surface area (Å²) in [4.78, 5) is 27.1. The van der Waals surface area contributed by atoms with E-state index in [2.05, 4.69) is 0 Å². The van der Waals surface area contributed by atoms with Gasteiger partial charge in [0.25, 0.3) is 0 Å². The van der Waals surface area contributed by atoms with Crippen LogP contribution in [0, 0.1) is 0 Å². The predicted octanol–water partition coefficient (Wildman–Crippen LogP) is 1.57. The van der Waals surface area contributed by atoms with Crippen LogP contribution in [-0.4, -0.2) is 48.3 Å². The second-order valence-electron chi connectivity index (χ2n) is 4.94. The molecule has 5 heteroatoms. The maximum atomic E-state index is 12.1. The summed E-state index contributed by atoms with van der Waals surface area (Å²) in [5.41, 5.74) is 1.07. The van der Waals surface area contributed by atoms with E-state index in [1.54, 1.807) is 4.90 Å². The van der Waals surface area contributed by atoms with Gasteiger partial charge in [-0.1, -0.05) is 23.7 Å². The van der Waals surface area contributed by atoms with Crippen LogP contribution in [0.25, 0.3) is 0 Å². The van der Waals surface area contributed by atoms with Crippen molar-refractivity contribution in [2.24, 2.45) is 0 Å². The molecule has 102 valence electrons. The number of carbonyl (C=O) groups is 2. The average Bonchev–Trinajstić information content (AvgIpc) is 2.65. The lowest BCUT2D eigenvalue weighted by atomic mass is 10.1. The van der Waals surface area contributed by atoms with Crippen LogP contribution >= 0.6 is 11.6 Å². The maximum Gasteiger partial charge on any atom is 0.247 e. The van der Waals surface area contributed by atoms with Gasteiger partial charge in [-0.05, 0) is 38.2 Å². The van der Waals surface area contributed by atoms with Crippen molar-refractivity contribution in [3.05, 3.63) is 34.9 Å². The van der Waals surface area contributed by atoms with Gasteiger partial charge in [0.15, 0.2) is 0 Å². The molecule has 1 unspecified atom stereocenters. The Morgan fingerprint density at radius 1 is 1.26 bits per heavy atom. The van der Waals surface area contributed by atoms with Crippen molar-refractivity contribution in [2.75, 3.05) is 20.6 Å². The second kappa shape index (κ2) is 5.72. The Bertz CT molecular complexity index is 485. The number of likely N-dealkylation sites (tertiary alicyclic amines) is 1. The van der Waals surface area contributed by atoms with Crippen LogP contribution in [0.15, 0.2) is 24.3 Å². The van der Waals surface area contributed by atoms with Gasteiger partial charge in [0.1, 0.15) is 0 Å². The third-order valence-electron chi connectivity index (χ3n) is 3.38. The first kappa shape index (κ1) is 14.0. The van der Waals surface area contributed by atoms with Crippen LogP contribution < -0.4 is 0 Å². The quantitative estimate of drug-likeness (QED) is 0.786.